The maximum atomic E-state index is 11.9. The average Bonchev–Trinajstić information content (AvgIpc) is 2.91. The quantitative estimate of drug-likeness (QED) is 0.792. The van der Waals surface area contributed by atoms with E-state index in [0.29, 0.717) is 17.0 Å². The molecule has 0 aliphatic heterocycles. The normalized spacial score (nSPS) is 10.1. The van der Waals surface area contributed by atoms with E-state index in [1.807, 2.05) is 0 Å². The number of methoxy groups -OCH3 is 1. The lowest BCUT2D eigenvalue weighted by atomic mass is 10.2. The van der Waals surface area contributed by atoms with Gasteiger partial charge >= 0.3 is 5.97 Å². The highest BCUT2D eigenvalue weighted by molar-refractivity contribution is 5.94. The van der Waals surface area contributed by atoms with Crippen molar-refractivity contribution in [2.75, 3.05) is 7.11 Å². The average molecular weight is 290 g/mol. The largest absolute Gasteiger partial charge is 0.497 e. The molecular weight excluding hydrogens is 276 g/mol. The van der Waals surface area contributed by atoms with E-state index < -0.39 is 5.97 Å². The zero-order chi connectivity index (χ0) is 15.2. The standard InChI is InChI=1S/C13H14N4O4/c1-21-11-4-2-9(3-5-11)13(20)14-6-10-7-17(16-15-10)8-12(18)19/h2-5,7H,6,8H2,1H3,(H,14,20)(H,18,19). The van der Waals surface area contributed by atoms with E-state index in [1.165, 1.54) is 10.9 Å². The summed E-state index contributed by atoms with van der Waals surface area (Å²) in [6.45, 7) is -0.0933. The van der Waals surface area contributed by atoms with Crippen LogP contribution in [0.3, 0.4) is 0 Å². The summed E-state index contributed by atoms with van der Waals surface area (Å²) < 4.78 is 6.20. The van der Waals surface area contributed by atoms with Gasteiger partial charge in [-0.2, -0.15) is 0 Å². The molecule has 0 fully saturated rings. The molecular formula is C13H14N4O4. The summed E-state index contributed by atoms with van der Waals surface area (Å²) >= 11 is 0. The van der Waals surface area contributed by atoms with Crippen LogP contribution in [-0.4, -0.2) is 39.1 Å². The van der Waals surface area contributed by atoms with E-state index in [4.69, 9.17) is 9.84 Å². The van der Waals surface area contributed by atoms with Crippen molar-refractivity contribution in [2.24, 2.45) is 0 Å². The molecule has 0 aliphatic rings. The first-order chi connectivity index (χ1) is 10.1. The molecule has 0 saturated carbocycles. The van der Waals surface area contributed by atoms with Crippen molar-refractivity contribution in [3.05, 3.63) is 41.7 Å². The molecule has 2 aromatic rings. The third kappa shape index (κ3) is 4.03. The molecule has 0 radical (unpaired) electrons. The lowest BCUT2D eigenvalue weighted by molar-refractivity contribution is -0.137. The maximum absolute atomic E-state index is 11.9. The van der Waals surface area contributed by atoms with Crippen molar-refractivity contribution in [2.45, 2.75) is 13.1 Å². The summed E-state index contributed by atoms with van der Waals surface area (Å²) in [5, 5.41) is 18.7. The molecule has 1 heterocycles. The van der Waals surface area contributed by atoms with Crippen molar-refractivity contribution in [1.29, 1.82) is 0 Å². The smallest absolute Gasteiger partial charge is 0.325 e. The van der Waals surface area contributed by atoms with Crippen LogP contribution >= 0.6 is 0 Å². The van der Waals surface area contributed by atoms with E-state index in [0.717, 1.165) is 0 Å². The highest BCUT2D eigenvalue weighted by atomic mass is 16.5. The summed E-state index contributed by atoms with van der Waals surface area (Å²) in [6, 6.07) is 6.68. The van der Waals surface area contributed by atoms with Gasteiger partial charge in [-0.3, -0.25) is 9.59 Å². The number of hydrogen-bond donors (Lipinski definition) is 2. The maximum Gasteiger partial charge on any atom is 0.325 e. The molecule has 0 unspecified atom stereocenters. The van der Waals surface area contributed by atoms with Crippen LogP contribution in [0.4, 0.5) is 0 Å². The Balaban J connectivity index is 1.91. The molecule has 1 amide bonds. The lowest BCUT2D eigenvalue weighted by Crippen LogP contribution is -2.22. The molecule has 8 nitrogen and oxygen atoms in total. The fraction of sp³-hybridized carbons (Fsp3) is 0.231. The first-order valence-electron chi connectivity index (χ1n) is 6.11. The highest BCUT2D eigenvalue weighted by Crippen LogP contribution is 2.11. The number of carbonyl (C=O) groups is 2. The van der Waals surface area contributed by atoms with E-state index >= 15 is 0 Å². The third-order valence-corrected chi connectivity index (χ3v) is 2.67. The van der Waals surface area contributed by atoms with Gasteiger partial charge in [-0.1, -0.05) is 5.21 Å². The number of aromatic nitrogens is 3. The Morgan fingerprint density at radius 2 is 2.05 bits per heavy atom. The third-order valence-electron chi connectivity index (χ3n) is 2.67. The van der Waals surface area contributed by atoms with E-state index in [2.05, 4.69) is 15.6 Å². The highest BCUT2D eigenvalue weighted by Gasteiger charge is 2.08. The molecule has 110 valence electrons. The van der Waals surface area contributed by atoms with Gasteiger partial charge < -0.3 is 15.2 Å². The van der Waals surface area contributed by atoms with Crippen LogP contribution < -0.4 is 10.1 Å². The van der Waals surface area contributed by atoms with E-state index in [1.54, 1.807) is 31.4 Å². The monoisotopic (exact) mass is 290 g/mol. The Kier molecular flexibility index (Phi) is 4.50. The van der Waals surface area contributed by atoms with Gasteiger partial charge in [0.25, 0.3) is 5.91 Å². The predicted molar refractivity (Wildman–Crippen MR) is 71.8 cm³/mol. The molecule has 0 spiro atoms. The van der Waals surface area contributed by atoms with Gasteiger partial charge in [-0.05, 0) is 24.3 Å². The van der Waals surface area contributed by atoms with Crippen molar-refractivity contribution in [3.8, 4) is 5.75 Å². The molecule has 1 aromatic heterocycles. The second-order valence-corrected chi connectivity index (χ2v) is 4.21. The minimum Gasteiger partial charge on any atom is -0.497 e. The fourth-order valence-electron chi connectivity index (χ4n) is 1.65. The second kappa shape index (κ2) is 6.51. The summed E-state index contributed by atoms with van der Waals surface area (Å²) in [6.07, 6.45) is 1.47. The number of carboxylic acids is 1. The molecule has 0 atom stereocenters. The molecule has 21 heavy (non-hydrogen) atoms. The van der Waals surface area contributed by atoms with Crippen LogP contribution in [-0.2, 0) is 17.9 Å². The zero-order valence-electron chi connectivity index (χ0n) is 11.3. The number of nitrogens with zero attached hydrogens (tertiary/aromatic N) is 3. The lowest BCUT2D eigenvalue weighted by Gasteiger charge is -2.04. The van der Waals surface area contributed by atoms with Gasteiger partial charge in [0.2, 0.25) is 0 Å². The van der Waals surface area contributed by atoms with Crippen LogP contribution in [0, 0.1) is 0 Å². The minimum atomic E-state index is -1.01. The number of ether oxygens (including phenoxy) is 1. The Morgan fingerprint density at radius 1 is 1.33 bits per heavy atom. The van der Waals surface area contributed by atoms with Gasteiger partial charge in [0, 0.05) is 5.56 Å². The van der Waals surface area contributed by atoms with Crippen LogP contribution in [0.5, 0.6) is 5.75 Å². The molecule has 0 saturated heterocycles. The Bertz CT molecular complexity index is 636. The van der Waals surface area contributed by atoms with Gasteiger partial charge in [-0.15, -0.1) is 5.10 Å². The second-order valence-electron chi connectivity index (χ2n) is 4.21. The van der Waals surface area contributed by atoms with Gasteiger partial charge in [0.05, 0.1) is 19.9 Å². The first-order valence-corrected chi connectivity index (χ1v) is 6.11. The summed E-state index contributed by atoms with van der Waals surface area (Å²) in [7, 11) is 1.55. The number of carboxylic acid groups (broad SMARTS) is 1. The van der Waals surface area contributed by atoms with E-state index in [9.17, 15) is 9.59 Å². The minimum absolute atomic E-state index is 0.171. The number of benzene rings is 1. The first kappa shape index (κ1) is 14.5. The van der Waals surface area contributed by atoms with Gasteiger partial charge in [-0.25, -0.2) is 4.68 Å². The summed E-state index contributed by atoms with van der Waals surface area (Å²) in [5.74, 6) is -0.595. The summed E-state index contributed by atoms with van der Waals surface area (Å²) in [4.78, 5) is 22.4. The molecule has 2 N–H and O–H groups in total. The number of hydrogen-bond acceptors (Lipinski definition) is 5. The number of rotatable bonds is 6. The SMILES string of the molecule is COc1ccc(C(=O)NCc2cn(CC(=O)O)nn2)cc1. The molecule has 1 aromatic carbocycles. The number of aliphatic carboxylic acids is 1. The molecule has 2 rings (SSSR count). The Morgan fingerprint density at radius 3 is 2.67 bits per heavy atom. The van der Waals surface area contributed by atoms with Gasteiger partial charge in [0.1, 0.15) is 18.0 Å². The van der Waals surface area contributed by atoms with Crippen LogP contribution in [0.15, 0.2) is 30.5 Å². The molecule has 0 bridgehead atoms. The molecule has 0 aliphatic carbocycles. The van der Waals surface area contributed by atoms with Gasteiger partial charge in [0.15, 0.2) is 0 Å². The summed E-state index contributed by atoms with van der Waals surface area (Å²) in [5.41, 5.74) is 0.979. The number of amides is 1. The van der Waals surface area contributed by atoms with Crippen LogP contribution in [0.2, 0.25) is 0 Å². The van der Waals surface area contributed by atoms with Crippen molar-refractivity contribution >= 4 is 11.9 Å². The van der Waals surface area contributed by atoms with Crippen molar-refractivity contribution in [1.82, 2.24) is 20.3 Å². The number of nitrogens with one attached hydrogen (secondary N) is 1. The molecule has 8 heteroatoms. The van der Waals surface area contributed by atoms with Crippen molar-refractivity contribution < 1.29 is 19.4 Å². The number of carbonyl (C=O) groups excluding carboxylic acids is 1. The Hall–Kier alpha value is -2.90. The van der Waals surface area contributed by atoms with Crippen molar-refractivity contribution in [3.63, 3.8) is 0 Å². The Labute approximate surface area is 120 Å². The van der Waals surface area contributed by atoms with E-state index in [-0.39, 0.29) is 19.0 Å². The zero-order valence-corrected chi connectivity index (χ0v) is 11.3. The fourth-order valence-corrected chi connectivity index (χ4v) is 1.65. The predicted octanol–water partition coefficient (Wildman–Crippen LogP) is 0.301. The van der Waals surface area contributed by atoms with Crippen LogP contribution in [0.1, 0.15) is 16.1 Å². The topological polar surface area (TPSA) is 106 Å². The van der Waals surface area contributed by atoms with Crippen LogP contribution in [0.25, 0.3) is 0 Å².